The van der Waals surface area contributed by atoms with Crippen LogP contribution in [0.5, 0.6) is 0 Å². The van der Waals surface area contributed by atoms with Gasteiger partial charge in [0.2, 0.25) is 12.2 Å². The van der Waals surface area contributed by atoms with Crippen LogP contribution >= 0.6 is 0 Å². The highest BCUT2D eigenvalue weighted by Crippen LogP contribution is 2.20. The molecule has 0 spiro atoms. The van der Waals surface area contributed by atoms with Gasteiger partial charge >= 0.3 is 11.0 Å². The van der Waals surface area contributed by atoms with Crippen LogP contribution in [0.4, 0.5) is 0 Å². The Morgan fingerprint density at radius 2 is 1.36 bits per heavy atom. The number of nitrogens with zero attached hydrogens (tertiary/aromatic N) is 3. The zero-order valence-electron chi connectivity index (χ0n) is 12.1. The van der Waals surface area contributed by atoms with Crippen molar-refractivity contribution in [3.63, 3.8) is 0 Å². The van der Waals surface area contributed by atoms with Gasteiger partial charge in [-0.1, -0.05) is 48.5 Å². The second kappa shape index (κ2) is 4.28. The van der Waals surface area contributed by atoms with E-state index in [1.54, 1.807) is 0 Å². The maximum Gasteiger partial charge on any atom is 0.315 e. The quantitative estimate of drug-likeness (QED) is 0.420. The Kier molecular flexibility index (Phi) is 2.27. The molecule has 1 aliphatic rings. The van der Waals surface area contributed by atoms with Crippen LogP contribution in [-0.2, 0) is 6.54 Å². The minimum atomic E-state index is 0.913. The number of rotatable bonds is 1. The van der Waals surface area contributed by atoms with Crippen LogP contribution in [0.25, 0.3) is 22.4 Å². The minimum absolute atomic E-state index is 0.913. The van der Waals surface area contributed by atoms with E-state index in [2.05, 4.69) is 93.0 Å². The molecule has 0 aliphatic carbocycles. The molecule has 0 saturated heterocycles. The molecule has 22 heavy (non-hydrogen) atoms. The predicted octanol–water partition coefficient (Wildman–Crippen LogP) is 2.56. The topological polar surface area (TPSA) is 12.7 Å². The second-order valence-corrected chi connectivity index (χ2v) is 5.61. The number of benzene rings is 3. The van der Waals surface area contributed by atoms with Crippen molar-refractivity contribution in [2.75, 3.05) is 0 Å². The summed E-state index contributed by atoms with van der Waals surface area (Å²) in [6, 6.07) is 27.7. The first-order chi connectivity index (χ1) is 10.9. The molecule has 5 rings (SSSR count). The molecule has 4 aromatic rings. The summed E-state index contributed by atoms with van der Waals surface area (Å²) in [5.74, 6) is 0. The predicted molar refractivity (Wildman–Crippen MR) is 84.1 cm³/mol. The van der Waals surface area contributed by atoms with Gasteiger partial charge in [0.05, 0.1) is 10.4 Å². The van der Waals surface area contributed by atoms with E-state index in [0.29, 0.717) is 0 Å². The first-order valence-corrected chi connectivity index (χ1v) is 7.53. The molecule has 0 amide bonds. The SMILES string of the molecule is c1ccc(-[n+]2c3ccccc3[n+]3n2-c2ccccc2C3)cc1. The maximum atomic E-state index is 2.34. The molecule has 1 aromatic heterocycles. The van der Waals surface area contributed by atoms with E-state index in [-0.39, 0.29) is 0 Å². The molecular weight excluding hydrogens is 270 g/mol. The Bertz CT molecular complexity index is 1000. The zero-order valence-corrected chi connectivity index (χ0v) is 12.1. The van der Waals surface area contributed by atoms with Gasteiger partial charge in [-0.3, -0.25) is 0 Å². The van der Waals surface area contributed by atoms with E-state index in [4.69, 9.17) is 0 Å². The van der Waals surface area contributed by atoms with Gasteiger partial charge in [-0.2, -0.15) is 0 Å². The van der Waals surface area contributed by atoms with Crippen LogP contribution in [0.15, 0.2) is 78.9 Å². The van der Waals surface area contributed by atoms with E-state index in [1.165, 1.54) is 28.0 Å². The average Bonchev–Trinajstić information content (AvgIpc) is 3.10. The minimum Gasteiger partial charge on any atom is -0.0618 e. The largest absolute Gasteiger partial charge is 0.315 e. The van der Waals surface area contributed by atoms with Gasteiger partial charge in [0.1, 0.15) is 0 Å². The van der Waals surface area contributed by atoms with Gasteiger partial charge in [0.25, 0.3) is 0 Å². The van der Waals surface area contributed by atoms with Crippen LogP contribution in [0.3, 0.4) is 0 Å². The summed E-state index contributed by atoms with van der Waals surface area (Å²) in [5.41, 5.74) is 6.26. The van der Waals surface area contributed by atoms with Crippen molar-refractivity contribution >= 4 is 11.0 Å². The van der Waals surface area contributed by atoms with E-state index in [1.807, 2.05) is 0 Å². The average molecular weight is 285 g/mol. The molecule has 3 heteroatoms. The smallest absolute Gasteiger partial charge is 0.0618 e. The normalized spacial score (nSPS) is 12.4. The molecule has 104 valence electrons. The molecule has 0 saturated carbocycles. The molecule has 2 heterocycles. The van der Waals surface area contributed by atoms with Crippen LogP contribution < -0.4 is 9.36 Å². The summed E-state index contributed by atoms with van der Waals surface area (Å²) in [7, 11) is 0. The van der Waals surface area contributed by atoms with Crippen molar-refractivity contribution < 1.29 is 9.36 Å². The lowest BCUT2D eigenvalue weighted by atomic mass is 10.2. The highest BCUT2D eigenvalue weighted by molar-refractivity contribution is 5.68. The second-order valence-electron chi connectivity index (χ2n) is 5.61. The highest BCUT2D eigenvalue weighted by atomic mass is 15.6. The maximum absolute atomic E-state index is 2.34. The van der Waals surface area contributed by atoms with E-state index < -0.39 is 0 Å². The fourth-order valence-electron chi connectivity index (χ4n) is 3.38. The Balaban J connectivity index is 1.95. The number of hydrogen-bond donors (Lipinski definition) is 0. The third-order valence-corrected chi connectivity index (χ3v) is 4.33. The monoisotopic (exact) mass is 285 g/mol. The van der Waals surface area contributed by atoms with Crippen LogP contribution in [0.2, 0.25) is 0 Å². The van der Waals surface area contributed by atoms with Crippen molar-refractivity contribution in [2.24, 2.45) is 0 Å². The van der Waals surface area contributed by atoms with Crippen LogP contribution in [0.1, 0.15) is 5.56 Å². The van der Waals surface area contributed by atoms with Crippen molar-refractivity contribution in [3.8, 4) is 11.4 Å². The molecule has 0 radical (unpaired) electrons. The molecule has 0 fully saturated rings. The molecule has 0 atom stereocenters. The lowest BCUT2D eigenvalue weighted by Gasteiger charge is -1.96. The van der Waals surface area contributed by atoms with Crippen LogP contribution in [0, 0.1) is 0 Å². The van der Waals surface area contributed by atoms with E-state index in [9.17, 15) is 0 Å². The Morgan fingerprint density at radius 1 is 0.682 bits per heavy atom. The fourth-order valence-corrected chi connectivity index (χ4v) is 3.38. The number of para-hydroxylation sites is 4. The lowest BCUT2D eigenvalue weighted by molar-refractivity contribution is -0.855. The number of fused-ring (bicyclic) bond motifs is 5. The fraction of sp³-hybridized carbons (Fsp3) is 0.0526. The third-order valence-electron chi connectivity index (χ3n) is 4.33. The first kappa shape index (κ1) is 11.7. The Labute approximate surface area is 128 Å². The van der Waals surface area contributed by atoms with Gasteiger partial charge in [-0.25, -0.2) is 0 Å². The van der Waals surface area contributed by atoms with Crippen molar-refractivity contribution in [2.45, 2.75) is 6.54 Å². The van der Waals surface area contributed by atoms with Crippen LogP contribution in [-0.4, -0.2) is 4.80 Å². The summed E-state index contributed by atoms with van der Waals surface area (Å²) in [4.78, 5) is 2.29. The summed E-state index contributed by atoms with van der Waals surface area (Å²) in [5, 5.41) is 0. The Hall–Kier alpha value is -2.94. The van der Waals surface area contributed by atoms with Gasteiger partial charge in [0, 0.05) is 24.3 Å². The molecule has 3 aromatic carbocycles. The zero-order chi connectivity index (χ0) is 14.5. The first-order valence-electron chi connectivity index (χ1n) is 7.53. The standard InChI is InChI=1S/C19H15N3/c1-2-9-16(10-3-1)21-19-13-7-6-12-18(19)20-14-15-8-4-5-11-17(15)22(20)21/h1-13H,14H2/q+2. The van der Waals surface area contributed by atoms with Gasteiger partial charge in [0.15, 0.2) is 5.69 Å². The molecular formula is C19H15N3+2. The van der Waals surface area contributed by atoms with Gasteiger partial charge in [-0.15, -0.1) is 0 Å². The Morgan fingerprint density at radius 3 is 2.23 bits per heavy atom. The molecule has 3 nitrogen and oxygen atoms in total. The van der Waals surface area contributed by atoms with Crippen molar-refractivity contribution in [1.82, 2.24) is 4.80 Å². The number of aromatic nitrogens is 3. The van der Waals surface area contributed by atoms with E-state index in [0.717, 1.165) is 6.54 Å². The third kappa shape index (κ3) is 1.45. The van der Waals surface area contributed by atoms with Crippen molar-refractivity contribution in [1.29, 1.82) is 0 Å². The number of hydrogen-bond acceptors (Lipinski definition) is 0. The molecule has 0 N–H and O–H groups in total. The highest BCUT2D eigenvalue weighted by Gasteiger charge is 2.39. The lowest BCUT2D eigenvalue weighted by Crippen LogP contribution is -2.50. The summed E-state index contributed by atoms with van der Waals surface area (Å²) in [6.07, 6.45) is 0. The van der Waals surface area contributed by atoms with E-state index >= 15 is 0 Å². The summed E-state index contributed by atoms with van der Waals surface area (Å²) in [6.45, 7) is 0.913. The molecule has 0 bridgehead atoms. The van der Waals surface area contributed by atoms with Gasteiger partial charge in [-0.05, 0) is 15.4 Å². The molecule has 0 unspecified atom stereocenters. The van der Waals surface area contributed by atoms with Gasteiger partial charge < -0.3 is 0 Å². The summed E-state index contributed by atoms with van der Waals surface area (Å²) >= 11 is 0. The van der Waals surface area contributed by atoms with Crippen molar-refractivity contribution in [3.05, 3.63) is 84.4 Å². The summed E-state index contributed by atoms with van der Waals surface area (Å²) < 4.78 is 4.63. The molecule has 1 aliphatic heterocycles.